The third-order valence-corrected chi connectivity index (χ3v) is 6.25. The first-order valence-corrected chi connectivity index (χ1v) is 10.2. The summed E-state index contributed by atoms with van der Waals surface area (Å²) in [4.78, 5) is 12.3. The van der Waals surface area contributed by atoms with E-state index in [2.05, 4.69) is 5.32 Å². The molecule has 0 bridgehead atoms. The topological polar surface area (TPSA) is 84.9 Å². The molecule has 0 aliphatic rings. The summed E-state index contributed by atoms with van der Waals surface area (Å²) >= 11 is 5.87. The van der Waals surface area contributed by atoms with E-state index in [1.165, 1.54) is 33.4 Å². The summed E-state index contributed by atoms with van der Waals surface area (Å²) < 4.78 is 37.0. The molecule has 9 heteroatoms. The van der Waals surface area contributed by atoms with Crippen LogP contribution >= 0.6 is 11.6 Å². The van der Waals surface area contributed by atoms with Crippen LogP contribution in [0.1, 0.15) is 18.5 Å². The molecule has 152 valence electrons. The molecule has 0 fully saturated rings. The van der Waals surface area contributed by atoms with Gasteiger partial charge in [-0.3, -0.25) is 4.79 Å². The van der Waals surface area contributed by atoms with Crippen molar-refractivity contribution in [1.82, 2.24) is 9.62 Å². The van der Waals surface area contributed by atoms with Crippen LogP contribution in [-0.4, -0.2) is 46.4 Å². The van der Waals surface area contributed by atoms with Gasteiger partial charge in [0.2, 0.25) is 15.9 Å². The van der Waals surface area contributed by atoms with E-state index in [9.17, 15) is 13.2 Å². The van der Waals surface area contributed by atoms with Crippen LogP contribution in [0, 0.1) is 0 Å². The molecule has 0 spiro atoms. The van der Waals surface area contributed by atoms with Gasteiger partial charge in [0.25, 0.3) is 0 Å². The zero-order valence-electron chi connectivity index (χ0n) is 16.1. The molecule has 1 N–H and O–H groups in total. The smallest absolute Gasteiger partial charge is 0.247 e. The highest BCUT2D eigenvalue weighted by atomic mass is 35.5. The normalized spacial score (nSPS) is 12.5. The van der Waals surface area contributed by atoms with Crippen LogP contribution in [0.2, 0.25) is 5.02 Å². The maximum atomic E-state index is 12.9. The lowest BCUT2D eigenvalue weighted by Crippen LogP contribution is -2.39. The molecule has 1 amide bonds. The number of rotatable bonds is 8. The summed E-state index contributed by atoms with van der Waals surface area (Å²) in [6.07, 6.45) is 0. The van der Waals surface area contributed by atoms with E-state index in [1.807, 2.05) is 0 Å². The van der Waals surface area contributed by atoms with Crippen LogP contribution < -0.4 is 14.8 Å². The van der Waals surface area contributed by atoms with Gasteiger partial charge in [-0.25, -0.2) is 8.42 Å². The van der Waals surface area contributed by atoms with Crippen LogP contribution in [0.4, 0.5) is 0 Å². The SMILES string of the molecule is COc1ccc(OC)c(S(=O)(=O)N(C)CC(=O)N[C@@H](C)c2ccc(Cl)cc2)c1. The van der Waals surface area contributed by atoms with Gasteiger partial charge in [0.05, 0.1) is 26.8 Å². The molecule has 28 heavy (non-hydrogen) atoms. The lowest BCUT2D eigenvalue weighted by molar-refractivity contribution is -0.121. The number of amides is 1. The van der Waals surface area contributed by atoms with Crippen molar-refractivity contribution in [3.8, 4) is 11.5 Å². The van der Waals surface area contributed by atoms with Gasteiger partial charge in [-0.1, -0.05) is 23.7 Å². The number of carbonyl (C=O) groups is 1. The zero-order chi connectivity index (χ0) is 20.9. The molecule has 0 aliphatic heterocycles. The Labute approximate surface area is 170 Å². The molecule has 2 aromatic rings. The van der Waals surface area contributed by atoms with Gasteiger partial charge in [-0.15, -0.1) is 0 Å². The first-order chi connectivity index (χ1) is 13.2. The molecular formula is C19H23ClN2O5S. The van der Waals surface area contributed by atoms with Crippen molar-refractivity contribution < 1.29 is 22.7 Å². The van der Waals surface area contributed by atoms with E-state index in [0.717, 1.165) is 9.87 Å². The predicted molar refractivity (Wildman–Crippen MR) is 107 cm³/mol. The zero-order valence-corrected chi connectivity index (χ0v) is 17.7. The van der Waals surface area contributed by atoms with Crippen LogP contribution in [0.5, 0.6) is 11.5 Å². The van der Waals surface area contributed by atoms with Gasteiger partial charge in [0.15, 0.2) is 0 Å². The molecule has 0 radical (unpaired) electrons. The highest BCUT2D eigenvalue weighted by Crippen LogP contribution is 2.30. The standard InChI is InChI=1S/C19H23ClN2O5S/c1-13(14-5-7-15(20)8-6-14)21-19(23)12-22(2)28(24,25)18-11-16(26-3)9-10-17(18)27-4/h5-11,13H,12H2,1-4H3,(H,21,23)/t13-/m0/s1. The number of methoxy groups -OCH3 is 2. The van der Waals surface area contributed by atoms with Gasteiger partial charge < -0.3 is 14.8 Å². The lowest BCUT2D eigenvalue weighted by Gasteiger charge is -2.20. The first-order valence-electron chi connectivity index (χ1n) is 8.42. The number of hydrogen-bond donors (Lipinski definition) is 1. The lowest BCUT2D eigenvalue weighted by atomic mass is 10.1. The Morgan fingerprint density at radius 3 is 2.36 bits per heavy atom. The minimum absolute atomic E-state index is 0.0737. The number of sulfonamides is 1. The third kappa shape index (κ3) is 5.15. The Morgan fingerprint density at radius 2 is 1.79 bits per heavy atom. The van der Waals surface area contributed by atoms with Gasteiger partial charge >= 0.3 is 0 Å². The monoisotopic (exact) mass is 426 g/mol. The first kappa shape index (κ1) is 22.0. The summed E-state index contributed by atoms with van der Waals surface area (Å²) in [5.41, 5.74) is 0.859. The number of likely N-dealkylation sites (N-methyl/N-ethyl adjacent to an activating group) is 1. The highest BCUT2D eigenvalue weighted by molar-refractivity contribution is 7.89. The molecule has 0 saturated heterocycles. The second kappa shape index (κ2) is 9.27. The molecule has 2 rings (SSSR count). The Bertz CT molecular complexity index is 932. The van der Waals surface area contributed by atoms with Gasteiger partial charge in [0.1, 0.15) is 16.4 Å². The molecule has 1 atom stereocenters. The van der Waals surface area contributed by atoms with Crippen molar-refractivity contribution in [2.45, 2.75) is 17.9 Å². The van der Waals surface area contributed by atoms with E-state index in [4.69, 9.17) is 21.1 Å². The third-order valence-electron chi connectivity index (χ3n) is 4.17. The maximum absolute atomic E-state index is 12.9. The van der Waals surface area contributed by atoms with Gasteiger partial charge in [-0.05, 0) is 36.8 Å². The fourth-order valence-electron chi connectivity index (χ4n) is 2.56. The van der Waals surface area contributed by atoms with Crippen molar-refractivity contribution in [1.29, 1.82) is 0 Å². The fourth-order valence-corrected chi connectivity index (χ4v) is 3.98. The Balaban J connectivity index is 2.13. The number of ether oxygens (including phenoxy) is 2. The number of carbonyl (C=O) groups excluding carboxylic acids is 1. The average Bonchev–Trinajstić information content (AvgIpc) is 2.67. The minimum Gasteiger partial charge on any atom is -0.497 e. The van der Waals surface area contributed by atoms with E-state index in [-0.39, 0.29) is 23.2 Å². The summed E-state index contributed by atoms with van der Waals surface area (Å²) in [6, 6.07) is 11.2. The maximum Gasteiger partial charge on any atom is 0.247 e. The molecule has 0 saturated carbocycles. The fraction of sp³-hybridized carbons (Fsp3) is 0.316. The van der Waals surface area contributed by atoms with Crippen molar-refractivity contribution >= 4 is 27.5 Å². The molecule has 2 aromatic carbocycles. The van der Waals surface area contributed by atoms with E-state index >= 15 is 0 Å². The largest absolute Gasteiger partial charge is 0.497 e. The number of nitrogens with zero attached hydrogens (tertiary/aromatic N) is 1. The van der Waals surface area contributed by atoms with E-state index < -0.39 is 15.9 Å². The van der Waals surface area contributed by atoms with Crippen LogP contribution in [0.3, 0.4) is 0 Å². The average molecular weight is 427 g/mol. The van der Waals surface area contributed by atoms with Crippen molar-refractivity contribution in [2.24, 2.45) is 0 Å². The molecule has 0 unspecified atom stereocenters. The predicted octanol–water partition coefficient (Wildman–Crippen LogP) is 2.86. The summed E-state index contributed by atoms with van der Waals surface area (Å²) in [5.74, 6) is 0.103. The summed E-state index contributed by atoms with van der Waals surface area (Å²) in [7, 11) is 0.183. The van der Waals surface area contributed by atoms with Crippen LogP contribution in [0.25, 0.3) is 0 Å². The van der Waals surface area contributed by atoms with E-state index in [1.54, 1.807) is 37.3 Å². The molecule has 0 heterocycles. The van der Waals surface area contributed by atoms with Gasteiger partial charge in [-0.2, -0.15) is 4.31 Å². The second-order valence-electron chi connectivity index (χ2n) is 6.12. The molecule has 0 aliphatic carbocycles. The number of benzene rings is 2. The Morgan fingerprint density at radius 1 is 1.14 bits per heavy atom. The van der Waals surface area contributed by atoms with Crippen molar-refractivity contribution in [3.05, 3.63) is 53.1 Å². The number of hydrogen-bond acceptors (Lipinski definition) is 5. The minimum atomic E-state index is -3.97. The van der Waals surface area contributed by atoms with Crippen LogP contribution in [-0.2, 0) is 14.8 Å². The molecule has 0 aromatic heterocycles. The Kier molecular flexibility index (Phi) is 7.29. The van der Waals surface area contributed by atoms with Crippen molar-refractivity contribution in [2.75, 3.05) is 27.8 Å². The van der Waals surface area contributed by atoms with Crippen molar-refractivity contribution in [3.63, 3.8) is 0 Å². The molecule has 7 nitrogen and oxygen atoms in total. The van der Waals surface area contributed by atoms with Crippen LogP contribution in [0.15, 0.2) is 47.4 Å². The quantitative estimate of drug-likeness (QED) is 0.701. The summed E-state index contributed by atoms with van der Waals surface area (Å²) in [6.45, 7) is 1.46. The Hall–Kier alpha value is -2.29. The second-order valence-corrected chi connectivity index (χ2v) is 8.57. The van der Waals surface area contributed by atoms with E-state index in [0.29, 0.717) is 10.8 Å². The number of halogens is 1. The number of nitrogens with one attached hydrogen (secondary N) is 1. The van der Waals surface area contributed by atoms with Gasteiger partial charge in [0, 0.05) is 18.1 Å². The molecular weight excluding hydrogens is 404 g/mol. The highest BCUT2D eigenvalue weighted by Gasteiger charge is 2.27. The summed E-state index contributed by atoms with van der Waals surface area (Å²) in [5, 5.41) is 3.37.